The lowest BCUT2D eigenvalue weighted by Crippen LogP contribution is -2.47. The van der Waals surface area contributed by atoms with E-state index in [0.717, 1.165) is 37.8 Å². The molecule has 0 aromatic heterocycles. The summed E-state index contributed by atoms with van der Waals surface area (Å²) in [7, 11) is -3.18. The van der Waals surface area contributed by atoms with Gasteiger partial charge in [0.05, 0.1) is 5.25 Å². The second-order valence-corrected chi connectivity index (χ2v) is 7.85. The van der Waals surface area contributed by atoms with Crippen molar-refractivity contribution in [3.05, 3.63) is 29.8 Å². The number of nitrogens with one attached hydrogen (secondary N) is 2. The molecule has 1 fully saturated rings. The van der Waals surface area contributed by atoms with Gasteiger partial charge in [-0.15, -0.1) is 0 Å². The van der Waals surface area contributed by atoms with Gasteiger partial charge in [-0.05, 0) is 30.9 Å². The fraction of sp³-hybridized carbons (Fsp3) is 0.600. The predicted octanol–water partition coefficient (Wildman–Crippen LogP) is 2.28. The van der Waals surface area contributed by atoms with Gasteiger partial charge in [0.15, 0.2) is 0 Å². The number of sulfonamides is 1. The number of para-hydroxylation sites is 1. The van der Waals surface area contributed by atoms with Crippen molar-refractivity contribution in [2.75, 3.05) is 11.9 Å². The molecule has 4 nitrogen and oxygen atoms in total. The molecule has 5 heteroatoms. The topological polar surface area (TPSA) is 58.2 Å². The minimum absolute atomic E-state index is 0.0307. The average molecular weight is 294 g/mol. The van der Waals surface area contributed by atoms with Crippen LogP contribution in [0, 0.1) is 0 Å². The second kappa shape index (κ2) is 5.74. The molecule has 1 aliphatic carbocycles. The number of rotatable bonds is 3. The van der Waals surface area contributed by atoms with E-state index in [9.17, 15) is 8.42 Å². The highest BCUT2D eigenvalue weighted by Gasteiger charge is 2.30. The van der Waals surface area contributed by atoms with Crippen LogP contribution < -0.4 is 10.0 Å². The SMILES string of the molecule is O=S(=O)(NC1CNc2ccccc2C1)C1CCCCC1. The Bertz CT molecular complexity index is 565. The second-order valence-electron chi connectivity index (χ2n) is 5.86. The molecule has 20 heavy (non-hydrogen) atoms. The van der Waals surface area contributed by atoms with Gasteiger partial charge < -0.3 is 5.32 Å². The van der Waals surface area contributed by atoms with Gasteiger partial charge in [-0.25, -0.2) is 13.1 Å². The van der Waals surface area contributed by atoms with Crippen LogP contribution in [0.1, 0.15) is 37.7 Å². The van der Waals surface area contributed by atoms with Gasteiger partial charge in [0, 0.05) is 18.3 Å². The van der Waals surface area contributed by atoms with Gasteiger partial charge in [0.2, 0.25) is 10.0 Å². The molecule has 1 heterocycles. The van der Waals surface area contributed by atoms with Crippen molar-refractivity contribution in [2.45, 2.75) is 49.8 Å². The summed E-state index contributed by atoms with van der Waals surface area (Å²) in [5, 5.41) is 3.12. The molecule has 1 aromatic carbocycles. The normalized spacial score (nSPS) is 23.9. The van der Waals surface area contributed by atoms with E-state index in [-0.39, 0.29) is 11.3 Å². The summed E-state index contributed by atoms with van der Waals surface area (Å²) in [6.07, 6.45) is 5.65. The maximum atomic E-state index is 12.4. The summed E-state index contributed by atoms with van der Waals surface area (Å²) in [6, 6.07) is 8.07. The lowest BCUT2D eigenvalue weighted by Gasteiger charge is -2.29. The van der Waals surface area contributed by atoms with E-state index < -0.39 is 10.0 Å². The largest absolute Gasteiger partial charge is 0.383 e. The standard InChI is InChI=1S/C15H22N2O2S/c18-20(19,14-7-2-1-3-8-14)17-13-10-12-6-4-5-9-15(12)16-11-13/h4-6,9,13-14,16-17H,1-3,7-8,10-11H2. The molecule has 1 saturated carbocycles. The zero-order valence-electron chi connectivity index (χ0n) is 11.6. The van der Waals surface area contributed by atoms with Crippen LogP contribution in [0.2, 0.25) is 0 Å². The summed E-state index contributed by atoms with van der Waals surface area (Å²) in [5.41, 5.74) is 2.32. The first-order chi connectivity index (χ1) is 9.65. The fourth-order valence-corrected chi connectivity index (χ4v) is 5.01. The van der Waals surface area contributed by atoms with Crippen LogP contribution in [-0.2, 0) is 16.4 Å². The summed E-state index contributed by atoms with van der Waals surface area (Å²) in [5.74, 6) is 0. The lowest BCUT2D eigenvalue weighted by molar-refractivity contribution is 0.469. The number of hydrogen-bond donors (Lipinski definition) is 2. The van der Waals surface area contributed by atoms with Crippen LogP contribution >= 0.6 is 0 Å². The van der Waals surface area contributed by atoms with Crippen molar-refractivity contribution < 1.29 is 8.42 Å². The van der Waals surface area contributed by atoms with Crippen LogP contribution in [-0.4, -0.2) is 26.3 Å². The molecule has 0 spiro atoms. The third kappa shape index (κ3) is 2.99. The van der Waals surface area contributed by atoms with Crippen molar-refractivity contribution in [3.63, 3.8) is 0 Å². The molecule has 0 radical (unpaired) electrons. The number of fused-ring (bicyclic) bond motifs is 1. The van der Waals surface area contributed by atoms with E-state index in [4.69, 9.17) is 0 Å². The summed E-state index contributed by atoms with van der Waals surface area (Å²) in [4.78, 5) is 0. The van der Waals surface area contributed by atoms with E-state index in [0.29, 0.717) is 6.54 Å². The number of anilines is 1. The number of hydrogen-bond acceptors (Lipinski definition) is 3. The molecule has 1 aliphatic heterocycles. The van der Waals surface area contributed by atoms with Crippen LogP contribution in [0.4, 0.5) is 5.69 Å². The Kier molecular flexibility index (Phi) is 3.98. The quantitative estimate of drug-likeness (QED) is 0.899. The Morgan fingerprint density at radius 1 is 1.10 bits per heavy atom. The molecule has 2 aliphatic rings. The summed E-state index contributed by atoms with van der Waals surface area (Å²) in [6.45, 7) is 0.670. The van der Waals surface area contributed by atoms with Crippen molar-refractivity contribution in [1.82, 2.24) is 4.72 Å². The Balaban J connectivity index is 1.66. The smallest absolute Gasteiger partial charge is 0.214 e. The van der Waals surface area contributed by atoms with Crippen LogP contribution in [0.5, 0.6) is 0 Å². The van der Waals surface area contributed by atoms with Gasteiger partial charge in [-0.2, -0.15) is 0 Å². The maximum absolute atomic E-state index is 12.4. The molecule has 0 saturated heterocycles. The molecule has 1 unspecified atom stereocenters. The molecular formula is C15H22N2O2S. The monoisotopic (exact) mass is 294 g/mol. The van der Waals surface area contributed by atoms with Crippen molar-refractivity contribution >= 4 is 15.7 Å². The molecule has 1 atom stereocenters. The average Bonchev–Trinajstić information content (AvgIpc) is 2.48. The summed E-state index contributed by atoms with van der Waals surface area (Å²) >= 11 is 0. The van der Waals surface area contributed by atoms with Gasteiger partial charge in [-0.1, -0.05) is 37.5 Å². The number of benzene rings is 1. The van der Waals surface area contributed by atoms with Crippen LogP contribution in [0.3, 0.4) is 0 Å². The van der Waals surface area contributed by atoms with E-state index in [1.807, 2.05) is 18.2 Å². The minimum atomic E-state index is -3.18. The fourth-order valence-electron chi connectivity index (χ4n) is 3.23. The molecular weight excluding hydrogens is 272 g/mol. The third-order valence-electron chi connectivity index (χ3n) is 4.34. The van der Waals surface area contributed by atoms with Gasteiger partial charge in [0.1, 0.15) is 0 Å². The van der Waals surface area contributed by atoms with E-state index >= 15 is 0 Å². The highest BCUT2D eigenvalue weighted by atomic mass is 32.2. The Labute approximate surface area is 121 Å². The van der Waals surface area contributed by atoms with Gasteiger partial charge >= 0.3 is 0 Å². The third-order valence-corrected chi connectivity index (χ3v) is 6.36. The Hall–Kier alpha value is -1.07. The van der Waals surface area contributed by atoms with Gasteiger partial charge in [-0.3, -0.25) is 0 Å². The van der Waals surface area contributed by atoms with Crippen molar-refractivity contribution in [2.24, 2.45) is 0 Å². The van der Waals surface area contributed by atoms with Crippen molar-refractivity contribution in [3.8, 4) is 0 Å². The van der Waals surface area contributed by atoms with E-state index in [1.54, 1.807) is 0 Å². The molecule has 3 rings (SSSR count). The maximum Gasteiger partial charge on any atom is 0.214 e. The Morgan fingerprint density at radius 3 is 2.65 bits per heavy atom. The molecule has 110 valence electrons. The van der Waals surface area contributed by atoms with Crippen LogP contribution in [0.15, 0.2) is 24.3 Å². The molecule has 0 amide bonds. The highest BCUT2D eigenvalue weighted by molar-refractivity contribution is 7.90. The molecule has 2 N–H and O–H groups in total. The predicted molar refractivity (Wildman–Crippen MR) is 81.4 cm³/mol. The first-order valence-corrected chi connectivity index (χ1v) is 9.03. The lowest BCUT2D eigenvalue weighted by atomic mass is 10.0. The molecule has 1 aromatic rings. The van der Waals surface area contributed by atoms with E-state index in [2.05, 4.69) is 16.1 Å². The first-order valence-electron chi connectivity index (χ1n) is 7.48. The van der Waals surface area contributed by atoms with E-state index in [1.165, 1.54) is 12.0 Å². The highest BCUT2D eigenvalue weighted by Crippen LogP contribution is 2.25. The molecule has 0 bridgehead atoms. The Morgan fingerprint density at radius 2 is 1.85 bits per heavy atom. The van der Waals surface area contributed by atoms with Gasteiger partial charge in [0.25, 0.3) is 0 Å². The van der Waals surface area contributed by atoms with Crippen molar-refractivity contribution in [1.29, 1.82) is 0 Å². The zero-order chi connectivity index (χ0) is 14.0. The van der Waals surface area contributed by atoms with Crippen LogP contribution in [0.25, 0.3) is 0 Å². The minimum Gasteiger partial charge on any atom is -0.383 e. The summed E-state index contributed by atoms with van der Waals surface area (Å²) < 4.78 is 27.8. The first kappa shape index (κ1) is 13.9. The zero-order valence-corrected chi connectivity index (χ0v) is 12.5.